The Bertz CT molecular complexity index is 472. The molecule has 0 bridgehead atoms. The Balaban J connectivity index is 2.88. The molecule has 0 radical (unpaired) electrons. The van der Waals surface area contributed by atoms with Gasteiger partial charge in [0.2, 0.25) is 0 Å². The largest absolute Gasteiger partial charge is 0.496 e. The zero-order valence-electron chi connectivity index (χ0n) is 13.4. The van der Waals surface area contributed by atoms with Crippen LogP contribution >= 0.6 is 0 Å². The van der Waals surface area contributed by atoms with Gasteiger partial charge in [-0.1, -0.05) is 13.8 Å². The Morgan fingerprint density at radius 1 is 1.24 bits per heavy atom. The van der Waals surface area contributed by atoms with Crippen molar-refractivity contribution >= 4 is 5.91 Å². The van der Waals surface area contributed by atoms with Crippen molar-refractivity contribution in [3.05, 3.63) is 23.3 Å². The van der Waals surface area contributed by atoms with Gasteiger partial charge in [-0.3, -0.25) is 4.79 Å². The smallest absolute Gasteiger partial charge is 0.251 e. The summed E-state index contributed by atoms with van der Waals surface area (Å²) in [4.78, 5) is 12.3. The number of aliphatic hydroxyl groups excluding tert-OH is 1. The van der Waals surface area contributed by atoms with E-state index >= 15 is 0 Å². The van der Waals surface area contributed by atoms with Gasteiger partial charge in [0, 0.05) is 24.3 Å². The summed E-state index contributed by atoms with van der Waals surface area (Å²) in [7, 11) is 3.13. The van der Waals surface area contributed by atoms with Crippen LogP contribution in [0.5, 0.6) is 11.5 Å². The summed E-state index contributed by atoms with van der Waals surface area (Å²) in [6.45, 7) is 6.48. The molecule has 21 heavy (non-hydrogen) atoms. The van der Waals surface area contributed by atoms with E-state index in [2.05, 4.69) is 5.32 Å². The number of nitrogens with one attached hydrogen (secondary N) is 1. The van der Waals surface area contributed by atoms with Gasteiger partial charge in [-0.05, 0) is 30.9 Å². The number of benzene rings is 1. The molecule has 5 heteroatoms. The number of ether oxygens (including phenoxy) is 2. The van der Waals surface area contributed by atoms with E-state index in [0.29, 0.717) is 30.0 Å². The van der Waals surface area contributed by atoms with Gasteiger partial charge in [-0.2, -0.15) is 0 Å². The molecule has 0 saturated heterocycles. The average Bonchev–Trinajstić information content (AvgIpc) is 2.45. The Kier molecular flexibility index (Phi) is 6.03. The van der Waals surface area contributed by atoms with Gasteiger partial charge in [0.05, 0.1) is 14.2 Å². The number of hydrogen-bond acceptors (Lipinski definition) is 4. The van der Waals surface area contributed by atoms with Crippen LogP contribution in [0, 0.1) is 12.3 Å². The third-order valence-electron chi connectivity index (χ3n) is 3.53. The molecule has 0 spiro atoms. The van der Waals surface area contributed by atoms with Crippen molar-refractivity contribution in [2.24, 2.45) is 5.41 Å². The van der Waals surface area contributed by atoms with Gasteiger partial charge in [-0.15, -0.1) is 0 Å². The third kappa shape index (κ3) is 4.63. The molecule has 0 fully saturated rings. The summed E-state index contributed by atoms with van der Waals surface area (Å²) in [6, 6.07) is 3.40. The number of amides is 1. The number of carbonyl (C=O) groups excluding carboxylic acids is 1. The standard InChI is InChI=1S/C16H25NO4/c1-11-13(20-4)8-12(9-14(11)21-5)15(19)17-10-16(2,3)6-7-18/h8-9,18H,6-7,10H2,1-5H3,(H,17,19). The predicted molar refractivity (Wildman–Crippen MR) is 82.1 cm³/mol. The van der Waals surface area contributed by atoms with E-state index in [1.165, 1.54) is 0 Å². The molecule has 2 N–H and O–H groups in total. The zero-order chi connectivity index (χ0) is 16.0. The monoisotopic (exact) mass is 295 g/mol. The lowest BCUT2D eigenvalue weighted by Crippen LogP contribution is -2.34. The number of carbonyl (C=O) groups is 1. The van der Waals surface area contributed by atoms with Gasteiger partial charge in [0.25, 0.3) is 5.91 Å². The van der Waals surface area contributed by atoms with Crippen LogP contribution in [0.25, 0.3) is 0 Å². The highest BCUT2D eigenvalue weighted by atomic mass is 16.5. The van der Waals surface area contributed by atoms with E-state index < -0.39 is 0 Å². The van der Waals surface area contributed by atoms with Crippen molar-refractivity contribution in [2.75, 3.05) is 27.4 Å². The Morgan fingerprint density at radius 2 is 1.76 bits per heavy atom. The fraction of sp³-hybridized carbons (Fsp3) is 0.562. The second-order valence-electron chi connectivity index (χ2n) is 5.83. The van der Waals surface area contributed by atoms with E-state index in [1.807, 2.05) is 20.8 Å². The van der Waals surface area contributed by atoms with Crippen LogP contribution in [-0.4, -0.2) is 38.4 Å². The highest BCUT2D eigenvalue weighted by Gasteiger charge is 2.19. The molecule has 1 aromatic rings. The number of methoxy groups -OCH3 is 2. The minimum absolute atomic E-state index is 0.106. The van der Waals surface area contributed by atoms with Crippen LogP contribution in [0.4, 0.5) is 0 Å². The highest BCUT2D eigenvalue weighted by molar-refractivity contribution is 5.95. The molecule has 1 amide bonds. The maximum atomic E-state index is 12.3. The molecule has 118 valence electrons. The van der Waals surface area contributed by atoms with Crippen LogP contribution in [-0.2, 0) is 0 Å². The summed E-state index contributed by atoms with van der Waals surface area (Å²) < 4.78 is 10.5. The first kappa shape index (κ1) is 17.3. The maximum Gasteiger partial charge on any atom is 0.251 e. The molecular weight excluding hydrogens is 270 g/mol. The summed E-state index contributed by atoms with van der Waals surface area (Å²) in [5, 5.41) is 11.9. The first-order chi connectivity index (χ1) is 9.84. The molecule has 1 rings (SSSR count). The predicted octanol–water partition coefficient (Wildman–Crippen LogP) is 2.15. The first-order valence-electron chi connectivity index (χ1n) is 6.96. The lowest BCUT2D eigenvalue weighted by molar-refractivity contribution is 0.0927. The molecule has 0 saturated carbocycles. The van der Waals surface area contributed by atoms with Gasteiger partial charge >= 0.3 is 0 Å². The molecule has 0 atom stereocenters. The Labute approximate surface area is 126 Å². The fourth-order valence-electron chi connectivity index (χ4n) is 2.03. The number of hydrogen-bond donors (Lipinski definition) is 2. The van der Waals surface area contributed by atoms with Crippen LogP contribution in [0.2, 0.25) is 0 Å². The van der Waals surface area contributed by atoms with E-state index in [9.17, 15) is 4.79 Å². The Hall–Kier alpha value is -1.75. The minimum atomic E-state index is -0.183. The van der Waals surface area contributed by atoms with Crippen molar-refractivity contribution in [2.45, 2.75) is 27.2 Å². The van der Waals surface area contributed by atoms with Crippen molar-refractivity contribution < 1.29 is 19.4 Å². The molecule has 0 aliphatic carbocycles. The lowest BCUT2D eigenvalue weighted by Gasteiger charge is -2.24. The number of rotatable bonds is 7. The zero-order valence-corrected chi connectivity index (χ0v) is 13.4. The molecule has 1 aromatic carbocycles. The van der Waals surface area contributed by atoms with Crippen LogP contribution in [0.1, 0.15) is 36.2 Å². The van der Waals surface area contributed by atoms with E-state index in [0.717, 1.165) is 5.56 Å². The first-order valence-corrected chi connectivity index (χ1v) is 6.96. The van der Waals surface area contributed by atoms with Crippen LogP contribution in [0.3, 0.4) is 0 Å². The lowest BCUT2D eigenvalue weighted by atomic mass is 9.89. The molecule has 0 heterocycles. The minimum Gasteiger partial charge on any atom is -0.496 e. The second kappa shape index (κ2) is 7.31. The number of aliphatic hydroxyl groups is 1. The summed E-state index contributed by atoms with van der Waals surface area (Å²) in [5.74, 6) is 1.06. The van der Waals surface area contributed by atoms with Gasteiger partial charge in [-0.25, -0.2) is 0 Å². The molecular formula is C16H25NO4. The van der Waals surface area contributed by atoms with E-state index in [4.69, 9.17) is 14.6 Å². The molecule has 5 nitrogen and oxygen atoms in total. The molecule has 0 aliphatic heterocycles. The van der Waals surface area contributed by atoms with Crippen molar-refractivity contribution in [3.8, 4) is 11.5 Å². The summed E-state index contributed by atoms with van der Waals surface area (Å²) >= 11 is 0. The third-order valence-corrected chi connectivity index (χ3v) is 3.53. The van der Waals surface area contributed by atoms with E-state index in [1.54, 1.807) is 26.4 Å². The topological polar surface area (TPSA) is 67.8 Å². The van der Waals surface area contributed by atoms with Gasteiger partial charge < -0.3 is 19.9 Å². The van der Waals surface area contributed by atoms with Crippen molar-refractivity contribution in [1.29, 1.82) is 0 Å². The summed E-state index contributed by atoms with van der Waals surface area (Å²) in [5.41, 5.74) is 1.20. The quantitative estimate of drug-likeness (QED) is 0.809. The van der Waals surface area contributed by atoms with Gasteiger partial charge in [0.1, 0.15) is 11.5 Å². The second-order valence-corrected chi connectivity index (χ2v) is 5.83. The summed E-state index contributed by atoms with van der Waals surface area (Å²) in [6.07, 6.45) is 0.633. The highest BCUT2D eigenvalue weighted by Crippen LogP contribution is 2.29. The SMILES string of the molecule is COc1cc(C(=O)NCC(C)(C)CCO)cc(OC)c1C. The van der Waals surface area contributed by atoms with Gasteiger partial charge in [0.15, 0.2) is 0 Å². The molecule has 0 unspecified atom stereocenters. The fourth-order valence-corrected chi connectivity index (χ4v) is 2.03. The maximum absolute atomic E-state index is 12.3. The van der Waals surface area contributed by atoms with Crippen LogP contribution < -0.4 is 14.8 Å². The molecule has 0 aliphatic rings. The normalized spacial score (nSPS) is 11.1. The van der Waals surface area contributed by atoms with E-state index in [-0.39, 0.29) is 17.9 Å². The average molecular weight is 295 g/mol. The molecule has 0 aromatic heterocycles. The Morgan fingerprint density at radius 3 is 2.19 bits per heavy atom. The van der Waals surface area contributed by atoms with Crippen molar-refractivity contribution in [3.63, 3.8) is 0 Å². The van der Waals surface area contributed by atoms with Crippen LogP contribution in [0.15, 0.2) is 12.1 Å². The van der Waals surface area contributed by atoms with Crippen molar-refractivity contribution in [1.82, 2.24) is 5.32 Å².